The molecule has 1 unspecified atom stereocenters. The maximum atomic E-state index is 5.71. The van der Waals surface area contributed by atoms with Crippen LogP contribution in [0.2, 0.25) is 0 Å². The van der Waals surface area contributed by atoms with Crippen molar-refractivity contribution >= 4 is 16.9 Å². The molecular formula is C22H21N5O3. The van der Waals surface area contributed by atoms with Crippen LogP contribution in [0.25, 0.3) is 16.7 Å². The van der Waals surface area contributed by atoms with Gasteiger partial charge >= 0.3 is 0 Å². The lowest BCUT2D eigenvalue weighted by Gasteiger charge is -2.10. The summed E-state index contributed by atoms with van der Waals surface area (Å²) >= 11 is 0. The van der Waals surface area contributed by atoms with Gasteiger partial charge in [-0.3, -0.25) is 0 Å². The van der Waals surface area contributed by atoms with Crippen LogP contribution < -0.4 is 19.5 Å². The molecule has 5 rings (SSSR count). The number of fused-ring (bicyclic) bond motifs is 2. The summed E-state index contributed by atoms with van der Waals surface area (Å²) < 4.78 is 18.6. The molecule has 0 amide bonds. The van der Waals surface area contributed by atoms with Crippen molar-refractivity contribution in [1.82, 2.24) is 19.7 Å². The van der Waals surface area contributed by atoms with Crippen molar-refractivity contribution in [2.45, 2.75) is 26.7 Å². The lowest BCUT2D eigenvalue weighted by Crippen LogP contribution is -2.11. The number of hydrogen-bond acceptors (Lipinski definition) is 7. The van der Waals surface area contributed by atoms with E-state index in [4.69, 9.17) is 14.2 Å². The van der Waals surface area contributed by atoms with Crippen molar-refractivity contribution in [2.24, 2.45) is 0 Å². The molecule has 8 heteroatoms. The molecule has 0 bridgehead atoms. The lowest BCUT2D eigenvalue weighted by atomic mass is 10.2. The first-order valence-electron chi connectivity index (χ1n) is 9.66. The fraction of sp³-hybridized carbons (Fsp3) is 0.227. The van der Waals surface area contributed by atoms with Gasteiger partial charge in [0.25, 0.3) is 0 Å². The molecule has 0 fully saturated rings. The van der Waals surface area contributed by atoms with E-state index in [1.54, 1.807) is 19.6 Å². The maximum Gasteiger partial charge on any atom is 0.239 e. The van der Waals surface area contributed by atoms with Crippen molar-refractivity contribution in [3.63, 3.8) is 0 Å². The van der Waals surface area contributed by atoms with Crippen LogP contribution >= 0.6 is 0 Å². The van der Waals surface area contributed by atoms with Gasteiger partial charge in [-0.25, -0.2) is 14.6 Å². The van der Waals surface area contributed by atoms with E-state index in [0.717, 1.165) is 27.8 Å². The molecule has 0 saturated carbocycles. The van der Waals surface area contributed by atoms with Gasteiger partial charge in [-0.15, -0.1) is 0 Å². The Balaban J connectivity index is 1.44. The van der Waals surface area contributed by atoms with Gasteiger partial charge in [0.15, 0.2) is 17.1 Å². The average molecular weight is 403 g/mol. The number of ether oxygens (including phenoxy) is 3. The monoisotopic (exact) mass is 403 g/mol. The summed E-state index contributed by atoms with van der Waals surface area (Å²) in [5.41, 5.74) is 3.86. The number of rotatable bonds is 5. The van der Waals surface area contributed by atoms with Gasteiger partial charge in [0.05, 0.1) is 24.4 Å². The second-order valence-electron chi connectivity index (χ2n) is 7.14. The molecule has 2 aromatic heterocycles. The normalized spacial score (nSPS) is 14.8. The van der Waals surface area contributed by atoms with Gasteiger partial charge in [-0.05, 0) is 42.3 Å². The van der Waals surface area contributed by atoms with Crippen molar-refractivity contribution in [2.75, 3.05) is 12.4 Å². The summed E-state index contributed by atoms with van der Waals surface area (Å²) in [6, 6.07) is 12.0. The maximum absolute atomic E-state index is 5.71. The zero-order valence-corrected chi connectivity index (χ0v) is 16.9. The Kier molecular flexibility index (Phi) is 4.39. The molecule has 4 aromatic rings. The minimum Gasteiger partial charge on any atom is -0.493 e. The van der Waals surface area contributed by atoms with E-state index >= 15 is 0 Å². The average Bonchev–Trinajstić information content (AvgIpc) is 3.34. The first-order valence-corrected chi connectivity index (χ1v) is 9.66. The van der Waals surface area contributed by atoms with Crippen LogP contribution in [0.15, 0.2) is 48.9 Å². The van der Waals surface area contributed by atoms with E-state index in [0.29, 0.717) is 29.6 Å². The van der Waals surface area contributed by atoms with Gasteiger partial charge in [-0.1, -0.05) is 12.1 Å². The minimum atomic E-state index is -0.328. The number of anilines is 1. The molecule has 1 aliphatic rings. The molecule has 0 spiro atoms. The third kappa shape index (κ3) is 3.16. The topological polar surface area (TPSA) is 83.3 Å². The SMILES string of the molecule is COc1cc(CNc2ncnc3c2cnn3-c2cccc(C)c2)cc2c1OC(C)O2. The van der Waals surface area contributed by atoms with Crippen LogP contribution in [0.3, 0.4) is 0 Å². The molecular weight excluding hydrogens is 382 g/mol. The van der Waals surface area contributed by atoms with E-state index in [9.17, 15) is 0 Å². The number of aromatic nitrogens is 4. The Morgan fingerprint density at radius 1 is 1.17 bits per heavy atom. The molecule has 1 aliphatic heterocycles. The lowest BCUT2D eigenvalue weighted by molar-refractivity contribution is 0.0664. The molecule has 1 atom stereocenters. The Labute approximate surface area is 173 Å². The molecule has 0 radical (unpaired) electrons. The van der Waals surface area contributed by atoms with E-state index in [1.165, 1.54) is 0 Å². The molecule has 0 saturated heterocycles. The predicted octanol–water partition coefficient (Wildman–Crippen LogP) is 3.86. The highest BCUT2D eigenvalue weighted by Gasteiger charge is 2.25. The molecule has 1 N–H and O–H groups in total. The number of aryl methyl sites for hydroxylation is 1. The molecule has 8 nitrogen and oxygen atoms in total. The first-order chi connectivity index (χ1) is 14.6. The van der Waals surface area contributed by atoms with Crippen LogP contribution in [0.1, 0.15) is 18.1 Å². The molecule has 2 aromatic carbocycles. The van der Waals surface area contributed by atoms with Crippen LogP contribution in [0.4, 0.5) is 5.82 Å². The van der Waals surface area contributed by atoms with Crippen LogP contribution in [-0.4, -0.2) is 33.1 Å². The van der Waals surface area contributed by atoms with E-state index < -0.39 is 0 Å². The summed E-state index contributed by atoms with van der Waals surface area (Å²) in [4.78, 5) is 8.85. The standard InChI is InChI=1S/C22H21N5O3/c1-13-5-4-6-16(7-13)27-22-17(11-26-27)21(24-12-25-22)23-10-15-8-18(28-3)20-19(9-15)29-14(2)30-20/h4-9,11-12,14H,10H2,1-3H3,(H,23,24,25). The molecule has 30 heavy (non-hydrogen) atoms. The van der Waals surface area contributed by atoms with Gasteiger partial charge in [0, 0.05) is 13.5 Å². The van der Waals surface area contributed by atoms with E-state index in [1.807, 2.05) is 35.9 Å². The number of nitrogens with one attached hydrogen (secondary N) is 1. The smallest absolute Gasteiger partial charge is 0.239 e. The second-order valence-corrected chi connectivity index (χ2v) is 7.14. The second kappa shape index (κ2) is 7.22. The third-order valence-electron chi connectivity index (χ3n) is 4.95. The highest BCUT2D eigenvalue weighted by molar-refractivity contribution is 5.87. The van der Waals surface area contributed by atoms with Crippen molar-refractivity contribution in [1.29, 1.82) is 0 Å². The number of benzene rings is 2. The van der Waals surface area contributed by atoms with Gasteiger partial charge in [-0.2, -0.15) is 5.10 Å². The number of methoxy groups -OCH3 is 1. The summed E-state index contributed by atoms with van der Waals surface area (Å²) in [7, 11) is 1.62. The first kappa shape index (κ1) is 18.2. The van der Waals surface area contributed by atoms with Gasteiger partial charge in [0.1, 0.15) is 12.1 Å². The van der Waals surface area contributed by atoms with Crippen LogP contribution in [-0.2, 0) is 6.54 Å². The zero-order chi connectivity index (χ0) is 20.7. The number of nitrogens with zero attached hydrogens (tertiary/aromatic N) is 4. The summed E-state index contributed by atoms with van der Waals surface area (Å²) in [6.07, 6.45) is 2.99. The third-order valence-corrected chi connectivity index (χ3v) is 4.95. The highest BCUT2D eigenvalue weighted by Crippen LogP contribution is 2.43. The quantitative estimate of drug-likeness (QED) is 0.542. The zero-order valence-electron chi connectivity index (χ0n) is 16.9. The predicted molar refractivity (Wildman–Crippen MR) is 112 cm³/mol. The highest BCUT2D eigenvalue weighted by atomic mass is 16.7. The van der Waals surface area contributed by atoms with Gasteiger partial charge < -0.3 is 19.5 Å². The Morgan fingerprint density at radius 2 is 2.07 bits per heavy atom. The fourth-order valence-electron chi connectivity index (χ4n) is 3.58. The van der Waals surface area contributed by atoms with E-state index in [2.05, 4.69) is 39.4 Å². The number of hydrogen-bond donors (Lipinski definition) is 1. The van der Waals surface area contributed by atoms with Crippen LogP contribution in [0, 0.1) is 6.92 Å². The molecule has 0 aliphatic carbocycles. The van der Waals surface area contributed by atoms with E-state index in [-0.39, 0.29) is 6.29 Å². The largest absolute Gasteiger partial charge is 0.493 e. The van der Waals surface area contributed by atoms with Crippen molar-refractivity contribution in [3.8, 4) is 22.9 Å². The van der Waals surface area contributed by atoms with Crippen LogP contribution in [0.5, 0.6) is 17.2 Å². The Bertz CT molecular complexity index is 1240. The molecule has 152 valence electrons. The summed E-state index contributed by atoms with van der Waals surface area (Å²) in [5, 5.41) is 8.75. The summed E-state index contributed by atoms with van der Waals surface area (Å²) in [5.74, 6) is 2.68. The van der Waals surface area contributed by atoms with Gasteiger partial charge in [0.2, 0.25) is 12.0 Å². The fourth-order valence-corrected chi connectivity index (χ4v) is 3.58. The summed E-state index contributed by atoms with van der Waals surface area (Å²) in [6.45, 7) is 4.43. The van der Waals surface area contributed by atoms with Crippen molar-refractivity contribution in [3.05, 3.63) is 60.0 Å². The Morgan fingerprint density at radius 3 is 2.90 bits per heavy atom. The Hall–Kier alpha value is -3.81. The minimum absolute atomic E-state index is 0.328. The van der Waals surface area contributed by atoms with Crippen molar-refractivity contribution < 1.29 is 14.2 Å². The molecule has 3 heterocycles.